The van der Waals surface area contributed by atoms with Crippen LogP contribution in [0.15, 0.2) is 11.1 Å². The summed E-state index contributed by atoms with van der Waals surface area (Å²) in [6, 6.07) is 0. The monoisotopic (exact) mass is 141 g/mol. The third-order valence-corrected chi connectivity index (χ3v) is 2.01. The molecule has 0 atom stereocenters. The number of rotatable bonds is 1. The average molecular weight is 141 g/mol. The fourth-order valence-electron chi connectivity index (χ4n) is 1.19. The number of hydrogen-bond acceptors (Lipinski definition) is 2. The van der Waals surface area contributed by atoms with Gasteiger partial charge in [-0.1, -0.05) is 11.1 Å². The van der Waals surface area contributed by atoms with Crippen LogP contribution in [0.25, 0.3) is 0 Å². The summed E-state index contributed by atoms with van der Waals surface area (Å²) in [5.41, 5.74) is 8.36. The maximum atomic E-state index is 5.50. The van der Waals surface area contributed by atoms with E-state index < -0.39 is 0 Å². The highest BCUT2D eigenvalue weighted by molar-refractivity contribution is 5.14. The molecule has 0 radical (unpaired) electrons. The van der Waals surface area contributed by atoms with Crippen molar-refractivity contribution >= 4 is 0 Å². The molecule has 58 valence electrons. The molecule has 0 saturated carbocycles. The molecule has 2 N–H and O–H groups in total. The van der Waals surface area contributed by atoms with E-state index in [-0.39, 0.29) is 0 Å². The van der Waals surface area contributed by atoms with Crippen LogP contribution in [-0.4, -0.2) is 19.8 Å². The summed E-state index contributed by atoms with van der Waals surface area (Å²) in [5.74, 6) is 0. The van der Waals surface area contributed by atoms with Gasteiger partial charge in [-0.25, -0.2) is 0 Å². The Bertz CT molecular complexity index is 132. The molecule has 1 heterocycles. The van der Waals surface area contributed by atoms with E-state index in [9.17, 15) is 0 Å². The fraction of sp³-hybridized carbons (Fsp3) is 0.750. The lowest BCUT2D eigenvalue weighted by molar-refractivity contribution is 0.118. The second-order valence-electron chi connectivity index (χ2n) is 2.70. The summed E-state index contributed by atoms with van der Waals surface area (Å²) in [7, 11) is 0. The summed E-state index contributed by atoms with van der Waals surface area (Å²) in [4.78, 5) is 0. The first-order valence-electron chi connectivity index (χ1n) is 3.80. The second-order valence-corrected chi connectivity index (χ2v) is 2.70. The maximum Gasteiger partial charge on any atom is 0.0503 e. The summed E-state index contributed by atoms with van der Waals surface area (Å²) < 4.78 is 5.22. The first-order valence-corrected chi connectivity index (χ1v) is 3.80. The first kappa shape index (κ1) is 7.76. The highest BCUT2D eigenvalue weighted by Gasteiger charge is 2.06. The van der Waals surface area contributed by atoms with Gasteiger partial charge in [0.2, 0.25) is 0 Å². The van der Waals surface area contributed by atoms with E-state index in [4.69, 9.17) is 10.5 Å². The standard InChI is InChI=1S/C8H15NO/c1-7(6-9)8-2-4-10-5-3-8/h2-6,9H2,1H3. The number of hydrogen-bond donors (Lipinski definition) is 1. The van der Waals surface area contributed by atoms with Gasteiger partial charge in [0.05, 0.1) is 13.2 Å². The fourth-order valence-corrected chi connectivity index (χ4v) is 1.19. The van der Waals surface area contributed by atoms with Crippen LogP contribution < -0.4 is 5.73 Å². The topological polar surface area (TPSA) is 35.2 Å². The van der Waals surface area contributed by atoms with Gasteiger partial charge in [0, 0.05) is 6.54 Å². The normalized spacial score (nSPS) is 19.2. The SMILES string of the molecule is CC(CN)=C1CCOCC1. The molecule has 1 saturated heterocycles. The van der Waals surface area contributed by atoms with Crippen molar-refractivity contribution in [2.45, 2.75) is 19.8 Å². The number of ether oxygens (including phenoxy) is 1. The summed E-state index contributed by atoms with van der Waals surface area (Å²) in [6.07, 6.45) is 2.17. The third-order valence-electron chi connectivity index (χ3n) is 2.01. The largest absolute Gasteiger partial charge is 0.381 e. The minimum absolute atomic E-state index is 0.704. The lowest BCUT2D eigenvalue weighted by atomic mass is 10.0. The van der Waals surface area contributed by atoms with Crippen molar-refractivity contribution in [1.29, 1.82) is 0 Å². The number of nitrogens with two attached hydrogens (primary N) is 1. The second kappa shape index (κ2) is 3.74. The molecule has 0 bridgehead atoms. The van der Waals surface area contributed by atoms with Gasteiger partial charge in [-0.2, -0.15) is 0 Å². The minimum atomic E-state index is 0.704. The van der Waals surface area contributed by atoms with Gasteiger partial charge in [-0.3, -0.25) is 0 Å². The van der Waals surface area contributed by atoms with E-state index in [1.54, 1.807) is 0 Å². The Hall–Kier alpha value is -0.340. The highest BCUT2D eigenvalue weighted by atomic mass is 16.5. The maximum absolute atomic E-state index is 5.50. The molecule has 1 fully saturated rings. The van der Waals surface area contributed by atoms with E-state index in [0.29, 0.717) is 6.54 Å². The molecular weight excluding hydrogens is 126 g/mol. The van der Waals surface area contributed by atoms with Gasteiger partial charge in [0.15, 0.2) is 0 Å². The summed E-state index contributed by atoms with van der Waals surface area (Å²) >= 11 is 0. The van der Waals surface area contributed by atoms with Crippen molar-refractivity contribution in [3.8, 4) is 0 Å². The molecule has 10 heavy (non-hydrogen) atoms. The molecular formula is C8H15NO. The van der Waals surface area contributed by atoms with E-state index in [1.165, 1.54) is 11.1 Å². The Morgan fingerprint density at radius 1 is 1.50 bits per heavy atom. The van der Waals surface area contributed by atoms with Crippen LogP contribution >= 0.6 is 0 Å². The van der Waals surface area contributed by atoms with Crippen LogP contribution in [0.3, 0.4) is 0 Å². The van der Waals surface area contributed by atoms with Gasteiger partial charge in [0.25, 0.3) is 0 Å². The van der Waals surface area contributed by atoms with Crippen LogP contribution in [0.1, 0.15) is 19.8 Å². The third kappa shape index (κ3) is 1.82. The molecule has 0 aromatic rings. The molecule has 0 aliphatic carbocycles. The molecule has 1 aliphatic heterocycles. The lowest BCUT2D eigenvalue weighted by Crippen LogP contribution is -2.12. The lowest BCUT2D eigenvalue weighted by Gasteiger charge is -2.16. The zero-order valence-corrected chi connectivity index (χ0v) is 6.52. The molecule has 0 amide bonds. The van der Waals surface area contributed by atoms with E-state index in [2.05, 4.69) is 6.92 Å². The van der Waals surface area contributed by atoms with Crippen molar-refractivity contribution in [3.05, 3.63) is 11.1 Å². The zero-order chi connectivity index (χ0) is 7.40. The Kier molecular flexibility index (Phi) is 2.90. The predicted octanol–water partition coefficient (Wildman–Crippen LogP) is 1.07. The quantitative estimate of drug-likeness (QED) is 0.554. The summed E-state index contributed by atoms with van der Waals surface area (Å²) in [6.45, 7) is 4.58. The van der Waals surface area contributed by atoms with Crippen LogP contribution in [0, 0.1) is 0 Å². The molecule has 1 rings (SSSR count). The van der Waals surface area contributed by atoms with E-state index >= 15 is 0 Å². The van der Waals surface area contributed by atoms with Gasteiger partial charge in [-0.15, -0.1) is 0 Å². The van der Waals surface area contributed by atoms with Crippen molar-refractivity contribution in [2.24, 2.45) is 5.73 Å². The molecule has 0 spiro atoms. The van der Waals surface area contributed by atoms with Gasteiger partial charge in [0.1, 0.15) is 0 Å². The van der Waals surface area contributed by atoms with Crippen molar-refractivity contribution in [3.63, 3.8) is 0 Å². The molecule has 1 aliphatic rings. The Morgan fingerprint density at radius 2 is 2.10 bits per heavy atom. The minimum Gasteiger partial charge on any atom is -0.381 e. The van der Waals surface area contributed by atoms with Crippen molar-refractivity contribution in [2.75, 3.05) is 19.8 Å². The summed E-state index contributed by atoms with van der Waals surface area (Å²) in [5, 5.41) is 0. The molecule has 0 aromatic heterocycles. The Balaban J connectivity index is 2.51. The van der Waals surface area contributed by atoms with Crippen LogP contribution in [0.5, 0.6) is 0 Å². The van der Waals surface area contributed by atoms with Crippen molar-refractivity contribution < 1.29 is 4.74 Å². The molecule has 2 heteroatoms. The van der Waals surface area contributed by atoms with Crippen LogP contribution in [-0.2, 0) is 4.74 Å². The van der Waals surface area contributed by atoms with Crippen molar-refractivity contribution in [1.82, 2.24) is 0 Å². The van der Waals surface area contributed by atoms with Gasteiger partial charge in [-0.05, 0) is 19.8 Å². The molecule has 0 aromatic carbocycles. The smallest absolute Gasteiger partial charge is 0.0503 e. The van der Waals surface area contributed by atoms with E-state index in [0.717, 1.165) is 26.1 Å². The Labute approximate surface area is 62.1 Å². The molecule has 2 nitrogen and oxygen atoms in total. The van der Waals surface area contributed by atoms with Gasteiger partial charge < -0.3 is 10.5 Å². The zero-order valence-electron chi connectivity index (χ0n) is 6.52. The van der Waals surface area contributed by atoms with Crippen LogP contribution in [0.2, 0.25) is 0 Å². The van der Waals surface area contributed by atoms with E-state index in [1.807, 2.05) is 0 Å². The molecule has 0 unspecified atom stereocenters. The van der Waals surface area contributed by atoms with Crippen LogP contribution in [0.4, 0.5) is 0 Å². The first-order chi connectivity index (χ1) is 4.84. The predicted molar refractivity (Wildman–Crippen MR) is 41.8 cm³/mol. The Morgan fingerprint density at radius 3 is 2.60 bits per heavy atom. The highest BCUT2D eigenvalue weighted by Crippen LogP contribution is 2.16. The van der Waals surface area contributed by atoms with Gasteiger partial charge >= 0.3 is 0 Å². The average Bonchev–Trinajstić information content (AvgIpc) is 2.05.